The minimum absolute atomic E-state index is 0.0947. The number of likely N-dealkylation sites (N-methyl/N-ethyl adjacent to an activating group) is 1. The van der Waals surface area contributed by atoms with Crippen LogP contribution in [0.1, 0.15) is 18.9 Å². The Kier molecular flexibility index (Phi) is 3.76. The van der Waals surface area contributed by atoms with Gasteiger partial charge in [0.2, 0.25) is 5.95 Å². The zero-order valence-corrected chi connectivity index (χ0v) is 10.7. The smallest absolute Gasteiger partial charge is 0.323 e. The van der Waals surface area contributed by atoms with Crippen LogP contribution < -0.4 is 4.90 Å². The highest BCUT2D eigenvalue weighted by Crippen LogP contribution is 2.19. The van der Waals surface area contributed by atoms with Gasteiger partial charge in [-0.25, -0.2) is 9.97 Å². The third kappa shape index (κ3) is 2.95. The lowest BCUT2D eigenvalue weighted by molar-refractivity contribution is -0.135. The molecule has 0 amide bonds. The first kappa shape index (κ1) is 12.8. The number of carbonyl (C=O) groups is 1. The number of hydrogen-bond acceptors (Lipinski definition) is 5. The maximum atomic E-state index is 10.6. The van der Waals surface area contributed by atoms with Crippen LogP contribution in [0.15, 0.2) is 12.4 Å². The first-order chi connectivity index (χ1) is 8.56. The molecule has 6 nitrogen and oxygen atoms in total. The number of aromatic nitrogens is 2. The molecule has 2 rings (SSSR count). The van der Waals surface area contributed by atoms with Gasteiger partial charge < -0.3 is 10.0 Å². The molecule has 1 saturated heterocycles. The molecule has 0 radical (unpaired) electrons. The second-order valence-corrected chi connectivity index (χ2v) is 4.75. The van der Waals surface area contributed by atoms with Gasteiger partial charge in [-0.2, -0.15) is 0 Å². The number of rotatable bonds is 5. The van der Waals surface area contributed by atoms with E-state index < -0.39 is 5.97 Å². The minimum Gasteiger partial charge on any atom is -0.480 e. The molecule has 1 fully saturated rings. The van der Waals surface area contributed by atoms with Gasteiger partial charge in [0.05, 0.1) is 0 Å². The maximum Gasteiger partial charge on any atom is 0.323 e. The largest absolute Gasteiger partial charge is 0.480 e. The third-order valence-electron chi connectivity index (χ3n) is 3.25. The topological polar surface area (TPSA) is 69.6 Å². The average Bonchev–Trinajstić information content (AvgIpc) is 2.34. The molecular formula is C12H18N4O2. The van der Waals surface area contributed by atoms with E-state index in [2.05, 4.69) is 21.8 Å². The van der Waals surface area contributed by atoms with E-state index in [1.165, 1.54) is 11.3 Å². The van der Waals surface area contributed by atoms with Crippen molar-refractivity contribution in [3.63, 3.8) is 0 Å². The lowest BCUT2D eigenvalue weighted by Crippen LogP contribution is -2.44. The Labute approximate surface area is 106 Å². The van der Waals surface area contributed by atoms with Gasteiger partial charge >= 0.3 is 5.97 Å². The molecule has 6 heteroatoms. The molecule has 2 heterocycles. The van der Waals surface area contributed by atoms with E-state index in [-0.39, 0.29) is 6.54 Å². The van der Waals surface area contributed by atoms with Crippen molar-refractivity contribution in [1.82, 2.24) is 14.9 Å². The molecule has 1 N–H and O–H groups in total. The summed E-state index contributed by atoms with van der Waals surface area (Å²) in [5, 5.41) is 8.68. The highest BCUT2D eigenvalue weighted by molar-refractivity contribution is 5.72. The predicted octanol–water partition coefficient (Wildman–Crippen LogP) is 0.592. The zero-order valence-electron chi connectivity index (χ0n) is 10.7. The predicted molar refractivity (Wildman–Crippen MR) is 67.4 cm³/mol. The Morgan fingerprint density at radius 2 is 2.22 bits per heavy atom. The molecule has 1 unspecified atom stereocenters. The molecule has 0 saturated carbocycles. The summed E-state index contributed by atoms with van der Waals surface area (Å²) in [5.74, 6) is -0.447. The van der Waals surface area contributed by atoms with Crippen LogP contribution in [-0.2, 0) is 11.3 Å². The van der Waals surface area contributed by atoms with Crippen LogP contribution in [0.4, 0.5) is 5.95 Å². The van der Waals surface area contributed by atoms with Crippen molar-refractivity contribution in [3.05, 3.63) is 18.0 Å². The minimum atomic E-state index is -0.889. The summed E-state index contributed by atoms with van der Waals surface area (Å²) in [6.07, 6.45) is 4.79. The van der Waals surface area contributed by atoms with Gasteiger partial charge in [0.15, 0.2) is 0 Å². The molecule has 1 aromatic rings. The van der Waals surface area contributed by atoms with Crippen LogP contribution in [0, 0.1) is 0 Å². The zero-order chi connectivity index (χ0) is 13.1. The fourth-order valence-electron chi connectivity index (χ4n) is 1.94. The van der Waals surface area contributed by atoms with Gasteiger partial charge in [0, 0.05) is 44.1 Å². The lowest BCUT2D eigenvalue weighted by atomic mass is 10.0. The molecule has 1 aliphatic heterocycles. The third-order valence-corrected chi connectivity index (χ3v) is 3.25. The van der Waals surface area contributed by atoms with Crippen LogP contribution in [-0.4, -0.2) is 52.1 Å². The van der Waals surface area contributed by atoms with Crippen LogP contribution >= 0.6 is 0 Å². The van der Waals surface area contributed by atoms with Crippen LogP contribution in [0.3, 0.4) is 0 Å². The molecule has 1 aliphatic rings. The number of carboxylic acid groups (broad SMARTS) is 1. The molecular weight excluding hydrogens is 232 g/mol. The number of hydrogen-bond donors (Lipinski definition) is 1. The second kappa shape index (κ2) is 5.30. The summed E-state index contributed by atoms with van der Waals surface area (Å²) in [5.41, 5.74) is 1.06. The van der Waals surface area contributed by atoms with Gasteiger partial charge in [-0.05, 0) is 13.3 Å². The lowest BCUT2D eigenvalue weighted by Gasteiger charge is -2.38. The Bertz CT molecular complexity index is 421. The fourth-order valence-corrected chi connectivity index (χ4v) is 1.94. The number of aliphatic carboxylic acids is 1. The van der Waals surface area contributed by atoms with E-state index in [1.54, 1.807) is 19.4 Å². The van der Waals surface area contributed by atoms with Crippen molar-refractivity contribution in [2.24, 2.45) is 0 Å². The molecule has 0 bridgehead atoms. The highest BCUT2D eigenvalue weighted by Gasteiger charge is 2.23. The first-order valence-electron chi connectivity index (χ1n) is 6.04. The SMILES string of the molecule is CC1CCN1Cc1cnc(N(C)CC(=O)O)nc1. The molecule has 0 spiro atoms. The summed E-state index contributed by atoms with van der Waals surface area (Å²) in [6.45, 7) is 4.10. The highest BCUT2D eigenvalue weighted by atomic mass is 16.4. The number of carboxylic acids is 1. The van der Waals surface area contributed by atoms with Crippen LogP contribution in [0.2, 0.25) is 0 Å². The van der Waals surface area contributed by atoms with Crippen LogP contribution in [0.25, 0.3) is 0 Å². The molecule has 98 valence electrons. The van der Waals surface area contributed by atoms with Crippen molar-refractivity contribution in [3.8, 4) is 0 Å². The van der Waals surface area contributed by atoms with Crippen molar-refractivity contribution >= 4 is 11.9 Å². The Balaban J connectivity index is 1.94. The Hall–Kier alpha value is -1.69. The van der Waals surface area contributed by atoms with Crippen LogP contribution in [0.5, 0.6) is 0 Å². The molecule has 18 heavy (non-hydrogen) atoms. The summed E-state index contributed by atoms with van der Waals surface area (Å²) < 4.78 is 0. The Morgan fingerprint density at radius 3 is 2.67 bits per heavy atom. The number of likely N-dealkylation sites (tertiary alicyclic amines) is 1. The van der Waals surface area contributed by atoms with Crippen molar-refractivity contribution in [1.29, 1.82) is 0 Å². The fraction of sp³-hybridized carbons (Fsp3) is 0.583. The standard InChI is InChI=1S/C12H18N4O2/c1-9-3-4-16(9)7-10-5-13-12(14-6-10)15(2)8-11(17)18/h5-6,9H,3-4,7-8H2,1-2H3,(H,17,18). The average molecular weight is 250 g/mol. The van der Waals surface area contributed by atoms with Gasteiger partial charge in [-0.1, -0.05) is 0 Å². The molecule has 1 aromatic heterocycles. The summed E-state index contributed by atoms with van der Waals surface area (Å²) in [6, 6.07) is 0.638. The normalized spacial score (nSPS) is 19.3. The monoisotopic (exact) mass is 250 g/mol. The van der Waals surface area contributed by atoms with Crippen molar-refractivity contribution in [2.45, 2.75) is 25.9 Å². The van der Waals surface area contributed by atoms with E-state index >= 15 is 0 Å². The summed E-state index contributed by atoms with van der Waals surface area (Å²) >= 11 is 0. The van der Waals surface area contributed by atoms with E-state index in [1.807, 2.05) is 0 Å². The molecule has 0 aliphatic carbocycles. The van der Waals surface area contributed by atoms with E-state index in [0.29, 0.717) is 12.0 Å². The number of nitrogens with zero attached hydrogens (tertiary/aromatic N) is 4. The van der Waals surface area contributed by atoms with E-state index in [9.17, 15) is 4.79 Å². The Morgan fingerprint density at radius 1 is 1.56 bits per heavy atom. The molecule has 1 atom stereocenters. The van der Waals surface area contributed by atoms with Gasteiger partial charge in [-0.15, -0.1) is 0 Å². The van der Waals surface area contributed by atoms with E-state index in [4.69, 9.17) is 5.11 Å². The maximum absolute atomic E-state index is 10.6. The number of anilines is 1. The van der Waals surface area contributed by atoms with Gasteiger partial charge in [-0.3, -0.25) is 9.69 Å². The summed E-state index contributed by atoms with van der Waals surface area (Å²) in [4.78, 5) is 22.8. The van der Waals surface area contributed by atoms with Crippen molar-refractivity contribution in [2.75, 3.05) is 25.0 Å². The van der Waals surface area contributed by atoms with Crippen molar-refractivity contribution < 1.29 is 9.90 Å². The molecule has 0 aromatic carbocycles. The van der Waals surface area contributed by atoms with E-state index in [0.717, 1.165) is 18.7 Å². The summed E-state index contributed by atoms with van der Waals surface area (Å²) in [7, 11) is 1.67. The van der Waals surface area contributed by atoms with Gasteiger partial charge in [0.1, 0.15) is 6.54 Å². The van der Waals surface area contributed by atoms with Gasteiger partial charge in [0.25, 0.3) is 0 Å². The second-order valence-electron chi connectivity index (χ2n) is 4.75. The first-order valence-corrected chi connectivity index (χ1v) is 6.04. The quantitative estimate of drug-likeness (QED) is 0.825.